The van der Waals surface area contributed by atoms with E-state index in [0.717, 1.165) is 37.2 Å². The second-order valence-corrected chi connectivity index (χ2v) is 5.57. The number of aryl methyl sites for hydroxylation is 1. The lowest BCUT2D eigenvalue weighted by Gasteiger charge is -2.29. The molecule has 0 unspecified atom stereocenters. The van der Waals surface area contributed by atoms with Crippen molar-refractivity contribution in [2.75, 3.05) is 25.5 Å². The Bertz CT molecular complexity index is 456. The number of carbonyl (C=O) groups excluding carboxylic acids is 1. The van der Waals surface area contributed by atoms with Gasteiger partial charge < -0.3 is 15.5 Å². The number of nitrogens with one attached hydrogen (secondary N) is 2. The highest BCUT2D eigenvalue weighted by Gasteiger charge is 2.18. The Labute approximate surface area is 119 Å². The summed E-state index contributed by atoms with van der Waals surface area (Å²) >= 11 is 5.93. The molecule has 1 aromatic carbocycles. The van der Waals surface area contributed by atoms with Crippen LogP contribution in [0, 0.1) is 6.92 Å². The van der Waals surface area contributed by atoms with E-state index in [0.29, 0.717) is 5.02 Å². The largest absolute Gasteiger partial charge is 0.335 e. The molecule has 4 nitrogen and oxygen atoms in total. The minimum absolute atomic E-state index is 0.153. The maximum Gasteiger partial charge on any atom is 0.319 e. The van der Waals surface area contributed by atoms with E-state index in [9.17, 15) is 4.79 Å². The van der Waals surface area contributed by atoms with Gasteiger partial charge in [-0.3, -0.25) is 0 Å². The molecule has 1 fully saturated rings. The van der Waals surface area contributed by atoms with E-state index in [1.165, 1.54) is 0 Å². The van der Waals surface area contributed by atoms with Crippen molar-refractivity contribution < 1.29 is 4.79 Å². The van der Waals surface area contributed by atoms with Crippen LogP contribution in [0.4, 0.5) is 10.5 Å². The van der Waals surface area contributed by atoms with E-state index in [2.05, 4.69) is 22.6 Å². The molecule has 1 aliphatic rings. The molecule has 19 heavy (non-hydrogen) atoms. The monoisotopic (exact) mass is 281 g/mol. The summed E-state index contributed by atoms with van der Waals surface area (Å²) in [6.45, 7) is 4.00. The van der Waals surface area contributed by atoms with Crippen LogP contribution in [0.25, 0.3) is 0 Å². The van der Waals surface area contributed by atoms with Crippen molar-refractivity contribution in [1.29, 1.82) is 0 Å². The number of hydrogen-bond donors (Lipinski definition) is 2. The highest BCUT2D eigenvalue weighted by atomic mass is 35.5. The maximum atomic E-state index is 11.9. The number of nitrogens with zero attached hydrogens (tertiary/aromatic N) is 1. The number of rotatable bonds is 2. The average molecular weight is 282 g/mol. The van der Waals surface area contributed by atoms with Crippen molar-refractivity contribution in [2.24, 2.45) is 0 Å². The maximum absolute atomic E-state index is 11.9. The van der Waals surface area contributed by atoms with Crippen LogP contribution in [-0.2, 0) is 0 Å². The van der Waals surface area contributed by atoms with Crippen LogP contribution in [0.2, 0.25) is 5.02 Å². The summed E-state index contributed by atoms with van der Waals surface area (Å²) in [5.41, 5.74) is 1.76. The van der Waals surface area contributed by atoms with Gasteiger partial charge in [0.05, 0.1) is 0 Å². The number of piperidine rings is 1. The van der Waals surface area contributed by atoms with Crippen LogP contribution in [0.3, 0.4) is 0 Å². The van der Waals surface area contributed by atoms with Crippen LogP contribution in [0.5, 0.6) is 0 Å². The van der Waals surface area contributed by atoms with Gasteiger partial charge in [-0.15, -0.1) is 0 Å². The molecule has 0 radical (unpaired) electrons. The highest BCUT2D eigenvalue weighted by Crippen LogP contribution is 2.20. The first-order valence-electron chi connectivity index (χ1n) is 6.57. The SMILES string of the molecule is Cc1ccc(Cl)cc1NC(=O)NC1CCN(C)CC1. The number of amides is 2. The zero-order chi connectivity index (χ0) is 13.8. The lowest BCUT2D eigenvalue weighted by molar-refractivity contribution is 0.221. The predicted octanol–water partition coefficient (Wildman–Crippen LogP) is 2.86. The van der Waals surface area contributed by atoms with Gasteiger partial charge in [-0.05, 0) is 57.6 Å². The van der Waals surface area contributed by atoms with Crippen LogP contribution in [-0.4, -0.2) is 37.1 Å². The molecule has 0 atom stereocenters. The minimum atomic E-state index is -0.153. The lowest BCUT2D eigenvalue weighted by Crippen LogP contribution is -2.44. The number of benzene rings is 1. The molecule has 1 aliphatic heterocycles. The van der Waals surface area contributed by atoms with Gasteiger partial charge in [0.25, 0.3) is 0 Å². The van der Waals surface area contributed by atoms with E-state index in [-0.39, 0.29) is 12.1 Å². The average Bonchev–Trinajstić information content (AvgIpc) is 2.37. The molecule has 104 valence electrons. The van der Waals surface area contributed by atoms with Crippen molar-refractivity contribution in [3.63, 3.8) is 0 Å². The zero-order valence-corrected chi connectivity index (χ0v) is 12.1. The summed E-state index contributed by atoms with van der Waals surface area (Å²) in [6.07, 6.45) is 2.00. The first-order chi connectivity index (χ1) is 9.04. The molecular weight excluding hydrogens is 262 g/mol. The van der Waals surface area contributed by atoms with Gasteiger partial charge in [-0.1, -0.05) is 17.7 Å². The number of hydrogen-bond acceptors (Lipinski definition) is 2. The van der Waals surface area contributed by atoms with E-state index in [1.807, 2.05) is 19.1 Å². The molecular formula is C14H20ClN3O. The summed E-state index contributed by atoms with van der Waals surface area (Å²) in [7, 11) is 2.10. The lowest BCUT2D eigenvalue weighted by atomic mass is 10.1. The van der Waals surface area contributed by atoms with Gasteiger partial charge in [-0.25, -0.2) is 4.79 Å². The summed E-state index contributed by atoms with van der Waals surface area (Å²) in [5, 5.41) is 6.50. The number of halogens is 1. The fraction of sp³-hybridized carbons (Fsp3) is 0.500. The Morgan fingerprint density at radius 1 is 1.37 bits per heavy atom. The molecule has 2 amide bonds. The van der Waals surface area contributed by atoms with Gasteiger partial charge in [0.2, 0.25) is 0 Å². The number of urea groups is 1. The standard InChI is InChI=1S/C14H20ClN3O/c1-10-3-4-11(15)9-13(10)17-14(19)16-12-5-7-18(2)8-6-12/h3-4,9,12H,5-8H2,1-2H3,(H2,16,17,19). The Kier molecular flexibility index (Phi) is 4.66. The molecule has 0 aliphatic carbocycles. The Morgan fingerprint density at radius 2 is 2.05 bits per heavy atom. The fourth-order valence-corrected chi connectivity index (χ4v) is 2.40. The van der Waals surface area contributed by atoms with E-state index >= 15 is 0 Å². The van der Waals surface area contributed by atoms with Crippen molar-refractivity contribution in [1.82, 2.24) is 10.2 Å². The quantitative estimate of drug-likeness (QED) is 0.875. The van der Waals surface area contributed by atoms with Gasteiger partial charge >= 0.3 is 6.03 Å². The van der Waals surface area contributed by atoms with Crippen LogP contribution in [0.1, 0.15) is 18.4 Å². The Balaban J connectivity index is 1.89. The first kappa shape index (κ1) is 14.2. The van der Waals surface area contributed by atoms with Crippen molar-refractivity contribution >= 4 is 23.3 Å². The molecule has 0 aromatic heterocycles. The van der Waals surface area contributed by atoms with Gasteiger partial charge in [-0.2, -0.15) is 0 Å². The highest BCUT2D eigenvalue weighted by molar-refractivity contribution is 6.31. The van der Waals surface area contributed by atoms with Gasteiger partial charge in [0.1, 0.15) is 0 Å². The predicted molar refractivity (Wildman–Crippen MR) is 78.9 cm³/mol. The van der Waals surface area contributed by atoms with E-state index in [4.69, 9.17) is 11.6 Å². The molecule has 2 rings (SSSR count). The molecule has 1 aromatic rings. The summed E-state index contributed by atoms with van der Waals surface area (Å²) in [6, 6.07) is 5.59. The van der Waals surface area contributed by atoms with E-state index in [1.54, 1.807) is 6.07 Å². The third kappa shape index (κ3) is 4.11. The second-order valence-electron chi connectivity index (χ2n) is 5.14. The third-order valence-electron chi connectivity index (χ3n) is 3.50. The van der Waals surface area contributed by atoms with Crippen molar-refractivity contribution in [3.8, 4) is 0 Å². The third-order valence-corrected chi connectivity index (χ3v) is 3.74. The number of carbonyl (C=O) groups is 1. The Morgan fingerprint density at radius 3 is 2.74 bits per heavy atom. The fourth-order valence-electron chi connectivity index (χ4n) is 2.23. The minimum Gasteiger partial charge on any atom is -0.335 e. The van der Waals surface area contributed by atoms with Crippen LogP contribution >= 0.6 is 11.6 Å². The van der Waals surface area contributed by atoms with Crippen molar-refractivity contribution in [3.05, 3.63) is 28.8 Å². The smallest absolute Gasteiger partial charge is 0.319 e. The zero-order valence-electron chi connectivity index (χ0n) is 11.4. The molecule has 2 N–H and O–H groups in total. The molecule has 0 bridgehead atoms. The first-order valence-corrected chi connectivity index (χ1v) is 6.94. The topological polar surface area (TPSA) is 44.4 Å². The Hall–Kier alpha value is -1.26. The van der Waals surface area contributed by atoms with Gasteiger partial charge in [0, 0.05) is 16.8 Å². The molecule has 0 saturated carbocycles. The van der Waals surface area contributed by atoms with Gasteiger partial charge in [0.15, 0.2) is 0 Å². The molecule has 0 spiro atoms. The van der Waals surface area contributed by atoms with Crippen LogP contribution < -0.4 is 10.6 Å². The van der Waals surface area contributed by atoms with Crippen LogP contribution in [0.15, 0.2) is 18.2 Å². The normalized spacial score (nSPS) is 17.2. The van der Waals surface area contributed by atoms with Crippen molar-refractivity contribution in [2.45, 2.75) is 25.8 Å². The molecule has 1 saturated heterocycles. The summed E-state index contributed by atoms with van der Waals surface area (Å²) in [5.74, 6) is 0. The molecule has 1 heterocycles. The second kappa shape index (κ2) is 6.26. The number of anilines is 1. The summed E-state index contributed by atoms with van der Waals surface area (Å²) < 4.78 is 0. The molecule has 5 heteroatoms. The number of likely N-dealkylation sites (tertiary alicyclic amines) is 1. The van der Waals surface area contributed by atoms with E-state index < -0.39 is 0 Å². The summed E-state index contributed by atoms with van der Waals surface area (Å²) in [4.78, 5) is 14.2.